The summed E-state index contributed by atoms with van der Waals surface area (Å²) in [6.45, 7) is 4.44. The average Bonchev–Trinajstić information content (AvgIpc) is 2.41. The Morgan fingerprint density at radius 1 is 1.28 bits per heavy atom. The van der Waals surface area contributed by atoms with Gasteiger partial charge in [0.2, 0.25) is 0 Å². The third-order valence-corrected chi connectivity index (χ3v) is 5.64. The molecule has 2 heteroatoms. The van der Waals surface area contributed by atoms with Gasteiger partial charge in [0.05, 0.1) is 0 Å². The first-order valence-corrected chi connectivity index (χ1v) is 7.93. The first-order chi connectivity index (χ1) is 8.63. The molecule has 0 aromatic heterocycles. The highest BCUT2D eigenvalue weighted by atomic mass is 79.9. The van der Waals surface area contributed by atoms with Crippen LogP contribution in [0, 0.1) is 18.8 Å². The van der Waals surface area contributed by atoms with Crippen molar-refractivity contribution in [3.05, 3.63) is 33.8 Å². The van der Waals surface area contributed by atoms with Crippen LogP contribution < -0.4 is 5.73 Å². The highest BCUT2D eigenvalue weighted by molar-refractivity contribution is 9.10. The largest absolute Gasteiger partial charge is 0.324 e. The zero-order valence-corrected chi connectivity index (χ0v) is 13.0. The van der Waals surface area contributed by atoms with Gasteiger partial charge in [-0.15, -0.1) is 0 Å². The molecule has 1 unspecified atom stereocenters. The molecule has 1 aromatic rings. The van der Waals surface area contributed by atoms with E-state index in [1.54, 1.807) is 0 Å². The number of nitrogens with two attached hydrogens (primary N) is 1. The zero-order chi connectivity index (χ0) is 13.1. The molecule has 0 aliphatic heterocycles. The Hall–Kier alpha value is -0.340. The topological polar surface area (TPSA) is 26.0 Å². The Morgan fingerprint density at radius 3 is 2.56 bits per heavy atom. The van der Waals surface area contributed by atoms with E-state index >= 15 is 0 Å². The van der Waals surface area contributed by atoms with Crippen LogP contribution in [0.4, 0.5) is 0 Å². The highest BCUT2D eigenvalue weighted by Crippen LogP contribution is 2.39. The minimum absolute atomic E-state index is 0.192. The van der Waals surface area contributed by atoms with Crippen LogP contribution in [0.5, 0.6) is 0 Å². The predicted molar refractivity (Wildman–Crippen MR) is 81.5 cm³/mol. The van der Waals surface area contributed by atoms with Crippen molar-refractivity contribution in [2.75, 3.05) is 0 Å². The first kappa shape index (κ1) is 14.1. The van der Waals surface area contributed by atoms with Crippen LogP contribution in [-0.4, -0.2) is 0 Å². The zero-order valence-electron chi connectivity index (χ0n) is 11.5. The second kappa shape index (κ2) is 6.21. The summed E-state index contributed by atoms with van der Waals surface area (Å²) in [6.07, 6.45) is 6.63. The van der Waals surface area contributed by atoms with Gasteiger partial charge in [-0.25, -0.2) is 0 Å². The summed E-state index contributed by atoms with van der Waals surface area (Å²) < 4.78 is 1.20. The Kier molecular flexibility index (Phi) is 4.85. The lowest BCUT2D eigenvalue weighted by Crippen LogP contribution is -2.26. The van der Waals surface area contributed by atoms with Gasteiger partial charge in [0, 0.05) is 10.5 Å². The predicted octanol–water partition coefficient (Wildman–Crippen LogP) is 4.97. The highest BCUT2D eigenvalue weighted by Gasteiger charge is 2.26. The lowest BCUT2D eigenvalue weighted by atomic mass is 9.76. The maximum atomic E-state index is 6.50. The molecule has 1 atom stereocenters. The second-order valence-corrected chi connectivity index (χ2v) is 6.49. The van der Waals surface area contributed by atoms with Crippen molar-refractivity contribution in [2.45, 2.75) is 52.0 Å². The lowest BCUT2D eigenvalue weighted by Gasteiger charge is -2.32. The molecule has 0 saturated heterocycles. The van der Waals surface area contributed by atoms with E-state index in [-0.39, 0.29) is 6.04 Å². The van der Waals surface area contributed by atoms with Gasteiger partial charge in [0.25, 0.3) is 0 Å². The standard InChI is InChI=1S/C16H24BrN/c1-3-12-7-9-13(10-8-12)16(18)14-6-4-5-11(2)15(14)17/h4-6,12-13,16H,3,7-10,18H2,1-2H3. The van der Waals surface area contributed by atoms with Gasteiger partial charge in [-0.1, -0.05) is 60.3 Å². The van der Waals surface area contributed by atoms with Crippen molar-refractivity contribution in [1.82, 2.24) is 0 Å². The lowest BCUT2D eigenvalue weighted by molar-refractivity contribution is 0.239. The van der Waals surface area contributed by atoms with Crippen LogP contribution in [0.2, 0.25) is 0 Å². The molecule has 100 valence electrons. The van der Waals surface area contributed by atoms with E-state index in [1.807, 2.05) is 0 Å². The molecule has 1 fully saturated rings. The van der Waals surface area contributed by atoms with E-state index in [1.165, 1.54) is 47.7 Å². The summed E-state index contributed by atoms with van der Waals surface area (Å²) >= 11 is 3.69. The smallest absolute Gasteiger partial charge is 0.0334 e. The van der Waals surface area contributed by atoms with Gasteiger partial charge in [0.1, 0.15) is 0 Å². The van der Waals surface area contributed by atoms with Crippen LogP contribution >= 0.6 is 15.9 Å². The van der Waals surface area contributed by atoms with Gasteiger partial charge in [0.15, 0.2) is 0 Å². The molecule has 0 heterocycles. The van der Waals surface area contributed by atoms with Gasteiger partial charge < -0.3 is 5.73 Å². The fourth-order valence-electron chi connectivity index (χ4n) is 3.14. The third kappa shape index (κ3) is 2.97. The van der Waals surface area contributed by atoms with E-state index in [0.717, 1.165) is 5.92 Å². The van der Waals surface area contributed by atoms with Crippen molar-refractivity contribution >= 4 is 15.9 Å². The minimum atomic E-state index is 0.192. The Labute approximate surface area is 119 Å². The Morgan fingerprint density at radius 2 is 1.94 bits per heavy atom. The summed E-state index contributed by atoms with van der Waals surface area (Å²) in [6, 6.07) is 6.62. The Balaban J connectivity index is 2.08. The molecular formula is C16H24BrN. The van der Waals surface area contributed by atoms with Crippen molar-refractivity contribution in [1.29, 1.82) is 0 Å². The molecule has 2 rings (SSSR count). The van der Waals surface area contributed by atoms with Crippen molar-refractivity contribution in [2.24, 2.45) is 17.6 Å². The summed E-state index contributed by atoms with van der Waals surface area (Å²) in [4.78, 5) is 0. The van der Waals surface area contributed by atoms with Crippen LogP contribution in [-0.2, 0) is 0 Å². The molecular weight excluding hydrogens is 286 g/mol. The molecule has 1 saturated carbocycles. The van der Waals surface area contributed by atoms with E-state index in [0.29, 0.717) is 5.92 Å². The minimum Gasteiger partial charge on any atom is -0.324 e. The van der Waals surface area contributed by atoms with Crippen LogP contribution in [0.15, 0.2) is 22.7 Å². The van der Waals surface area contributed by atoms with Crippen molar-refractivity contribution in [3.8, 4) is 0 Å². The molecule has 18 heavy (non-hydrogen) atoms. The van der Waals surface area contributed by atoms with E-state index in [2.05, 4.69) is 48.0 Å². The molecule has 1 aromatic carbocycles. The summed E-state index contributed by atoms with van der Waals surface area (Å²) in [7, 11) is 0. The van der Waals surface area contributed by atoms with E-state index in [9.17, 15) is 0 Å². The molecule has 1 nitrogen and oxygen atoms in total. The fourth-order valence-corrected chi connectivity index (χ4v) is 3.67. The van der Waals surface area contributed by atoms with E-state index < -0.39 is 0 Å². The molecule has 0 radical (unpaired) electrons. The van der Waals surface area contributed by atoms with E-state index in [4.69, 9.17) is 5.73 Å². The second-order valence-electron chi connectivity index (χ2n) is 5.69. The number of hydrogen-bond donors (Lipinski definition) is 1. The summed E-state index contributed by atoms with van der Waals surface area (Å²) in [5.74, 6) is 1.60. The average molecular weight is 310 g/mol. The Bertz CT molecular complexity index is 394. The summed E-state index contributed by atoms with van der Waals surface area (Å²) in [5.41, 5.74) is 9.07. The number of rotatable bonds is 3. The monoisotopic (exact) mass is 309 g/mol. The molecule has 2 N–H and O–H groups in total. The quantitative estimate of drug-likeness (QED) is 0.837. The number of halogens is 1. The fraction of sp³-hybridized carbons (Fsp3) is 0.625. The van der Waals surface area contributed by atoms with Gasteiger partial charge in [-0.3, -0.25) is 0 Å². The molecule has 1 aliphatic rings. The summed E-state index contributed by atoms with van der Waals surface area (Å²) in [5, 5.41) is 0. The van der Waals surface area contributed by atoms with Gasteiger partial charge >= 0.3 is 0 Å². The number of benzene rings is 1. The van der Waals surface area contributed by atoms with Gasteiger partial charge in [-0.2, -0.15) is 0 Å². The van der Waals surface area contributed by atoms with Crippen LogP contribution in [0.1, 0.15) is 56.2 Å². The maximum absolute atomic E-state index is 6.50. The maximum Gasteiger partial charge on any atom is 0.0334 e. The van der Waals surface area contributed by atoms with Gasteiger partial charge in [-0.05, 0) is 42.7 Å². The third-order valence-electron chi connectivity index (χ3n) is 4.56. The van der Waals surface area contributed by atoms with Crippen molar-refractivity contribution < 1.29 is 0 Å². The molecule has 1 aliphatic carbocycles. The van der Waals surface area contributed by atoms with Crippen molar-refractivity contribution in [3.63, 3.8) is 0 Å². The number of aryl methyl sites for hydroxylation is 1. The van der Waals surface area contributed by atoms with Crippen LogP contribution in [0.25, 0.3) is 0 Å². The molecule has 0 amide bonds. The normalized spacial score (nSPS) is 26.0. The SMILES string of the molecule is CCC1CCC(C(N)c2cccc(C)c2Br)CC1. The molecule has 0 bridgehead atoms. The van der Waals surface area contributed by atoms with Crippen LogP contribution in [0.3, 0.4) is 0 Å². The first-order valence-electron chi connectivity index (χ1n) is 7.14. The number of hydrogen-bond acceptors (Lipinski definition) is 1. The molecule has 0 spiro atoms.